The van der Waals surface area contributed by atoms with Crippen molar-refractivity contribution in [1.29, 1.82) is 0 Å². The molecule has 1 aliphatic rings. The van der Waals surface area contributed by atoms with E-state index in [2.05, 4.69) is 52.9 Å². The van der Waals surface area contributed by atoms with E-state index in [1.165, 1.54) is 0 Å². The molecular formula is C21H25N5O. The minimum Gasteiger partial charge on any atom is -0.495 e. The summed E-state index contributed by atoms with van der Waals surface area (Å²) in [4.78, 5) is 0. The molecule has 1 fully saturated rings. The Morgan fingerprint density at radius 2 is 1.70 bits per heavy atom. The summed E-state index contributed by atoms with van der Waals surface area (Å²) in [6, 6.07) is 14.3. The molecule has 1 heterocycles. The predicted octanol–water partition coefficient (Wildman–Crippen LogP) is 4.17. The molecule has 1 N–H and O–H groups in total. The largest absolute Gasteiger partial charge is 0.495 e. The van der Waals surface area contributed by atoms with Crippen molar-refractivity contribution >= 4 is 5.69 Å². The first-order valence-corrected chi connectivity index (χ1v) is 9.41. The van der Waals surface area contributed by atoms with E-state index in [9.17, 15) is 0 Å². The third-order valence-electron chi connectivity index (χ3n) is 5.49. The molecule has 4 rings (SSSR count). The Bertz CT molecular complexity index is 923. The summed E-state index contributed by atoms with van der Waals surface area (Å²) < 4.78 is 7.47. The summed E-state index contributed by atoms with van der Waals surface area (Å²) in [5.41, 5.74) is 4.04. The first-order valence-electron chi connectivity index (χ1n) is 9.41. The highest BCUT2D eigenvalue weighted by Crippen LogP contribution is 2.43. The highest BCUT2D eigenvalue weighted by Gasteiger charge is 2.41. The maximum atomic E-state index is 5.55. The molecule has 3 aromatic rings. The number of aromatic nitrogens is 4. The van der Waals surface area contributed by atoms with Crippen molar-refractivity contribution in [3.05, 3.63) is 59.4 Å². The Labute approximate surface area is 159 Å². The number of benzene rings is 2. The normalized spacial score (nSPS) is 15.7. The van der Waals surface area contributed by atoms with E-state index >= 15 is 0 Å². The molecule has 1 aliphatic carbocycles. The smallest absolute Gasteiger partial charge is 0.181 e. The monoisotopic (exact) mass is 363 g/mol. The summed E-state index contributed by atoms with van der Waals surface area (Å²) in [5, 5.41) is 16.6. The minimum atomic E-state index is -0.313. The Balaban J connectivity index is 1.82. The van der Waals surface area contributed by atoms with Gasteiger partial charge in [0.05, 0.1) is 24.0 Å². The molecule has 6 heteroatoms. The number of ether oxygens (including phenoxy) is 1. The molecule has 0 aliphatic heterocycles. The second kappa shape index (κ2) is 7.02. The average Bonchev–Trinajstić information content (AvgIpc) is 3.32. The minimum absolute atomic E-state index is 0.313. The van der Waals surface area contributed by atoms with Crippen LogP contribution in [0.15, 0.2) is 42.5 Å². The summed E-state index contributed by atoms with van der Waals surface area (Å²) in [6.45, 7) is 4.20. The van der Waals surface area contributed by atoms with Crippen LogP contribution in [0, 0.1) is 13.8 Å². The molecule has 6 nitrogen and oxygen atoms in total. The number of tetrazole rings is 1. The third-order valence-corrected chi connectivity index (χ3v) is 5.49. The zero-order valence-corrected chi connectivity index (χ0v) is 16.1. The lowest BCUT2D eigenvalue weighted by molar-refractivity contribution is 0.409. The van der Waals surface area contributed by atoms with Crippen molar-refractivity contribution in [1.82, 2.24) is 20.2 Å². The van der Waals surface area contributed by atoms with Gasteiger partial charge in [-0.05, 0) is 60.4 Å². The lowest BCUT2D eigenvalue weighted by Crippen LogP contribution is -2.36. The maximum Gasteiger partial charge on any atom is 0.181 e. The van der Waals surface area contributed by atoms with Crippen LogP contribution in [-0.2, 0) is 5.54 Å². The van der Waals surface area contributed by atoms with Gasteiger partial charge in [-0.25, -0.2) is 0 Å². The molecule has 27 heavy (non-hydrogen) atoms. The van der Waals surface area contributed by atoms with Crippen molar-refractivity contribution < 1.29 is 4.74 Å². The van der Waals surface area contributed by atoms with Crippen LogP contribution in [0.1, 0.15) is 42.6 Å². The summed E-state index contributed by atoms with van der Waals surface area (Å²) in [7, 11) is 1.70. The van der Waals surface area contributed by atoms with Gasteiger partial charge >= 0.3 is 0 Å². The number of nitrogens with zero attached hydrogens (tertiary/aromatic N) is 4. The number of nitrogens with one attached hydrogen (secondary N) is 1. The highest BCUT2D eigenvalue weighted by atomic mass is 16.5. The molecular weight excluding hydrogens is 338 g/mol. The van der Waals surface area contributed by atoms with Gasteiger partial charge in [0.1, 0.15) is 5.75 Å². The van der Waals surface area contributed by atoms with E-state index < -0.39 is 0 Å². The van der Waals surface area contributed by atoms with E-state index in [1.54, 1.807) is 7.11 Å². The SMILES string of the molecule is COc1ccccc1NC1(c2nnnn2-c2c(C)cccc2C)CCCC1. The number of hydrogen-bond acceptors (Lipinski definition) is 5. The number of para-hydroxylation sites is 3. The number of methoxy groups -OCH3 is 1. The molecule has 2 aromatic carbocycles. The molecule has 140 valence electrons. The van der Waals surface area contributed by atoms with E-state index in [0.717, 1.165) is 59.8 Å². The molecule has 0 unspecified atom stereocenters. The fourth-order valence-electron chi connectivity index (χ4n) is 4.16. The number of anilines is 1. The topological polar surface area (TPSA) is 64.9 Å². The van der Waals surface area contributed by atoms with Crippen LogP contribution in [0.2, 0.25) is 0 Å². The van der Waals surface area contributed by atoms with Crippen LogP contribution in [0.5, 0.6) is 5.75 Å². The van der Waals surface area contributed by atoms with Crippen molar-refractivity contribution in [3.63, 3.8) is 0 Å². The molecule has 0 amide bonds. The van der Waals surface area contributed by atoms with Gasteiger partial charge in [0.25, 0.3) is 0 Å². The van der Waals surface area contributed by atoms with Gasteiger partial charge in [-0.15, -0.1) is 5.10 Å². The lowest BCUT2D eigenvalue weighted by atomic mass is 9.95. The lowest BCUT2D eigenvalue weighted by Gasteiger charge is -2.31. The standard InChI is InChI=1S/C21H25N5O/c1-15-9-8-10-16(2)19(15)26-20(23-24-25-26)21(13-6-7-14-21)22-17-11-4-5-12-18(17)27-3/h4-5,8-12,22H,6-7,13-14H2,1-3H3. The van der Waals surface area contributed by atoms with Crippen molar-refractivity contribution in [3.8, 4) is 11.4 Å². The molecule has 0 atom stereocenters. The van der Waals surface area contributed by atoms with Crippen molar-refractivity contribution in [2.24, 2.45) is 0 Å². The fourth-order valence-corrected chi connectivity index (χ4v) is 4.16. The molecule has 0 saturated heterocycles. The molecule has 0 bridgehead atoms. The van der Waals surface area contributed by atoms with Crippen LogP contribution >= 0.6 is 0 Å². The van der Waals surface area contributed by atoms with Gasteiger partial charge < -0.3 is 10.1 Å². The molecule has 1 saturated carbocycles. The second-order valence-electron chi connectivity index (χ2n) is 7.27. The second-order valence-corrected chi connectivity index (χ2v) is 7.27. The van der Waals surface area contributed by atoms with Crippen molar-refractivity contribution in [2.45, 2.75) is 45.1 Å². The molecule has 0 spiro atoms. The van der Waals surface area contributed by atoms with Crippen LogP contribution in [0.25, 0.3) is 5.69 Å². The van der Waals surface area contributed by atoms with Gasteiger partial charge in [0, 0.05) is 0 Å². The van der Waals surface area contributed by atoms with Crippen LogP contribution in [0.3, 0.4) is 0 Å². The average molecular weight is 363 g/mol. The summed E-state index contributed by atoms with van der Waals surface area (Å²) >= 11 is 0. The number of aryl methyl sites for hydroxylation is 2. The molecule has 0 radical (unpaired) electrons. The van der Waals surface area contributed by atoms with Gasteiger partial charge in [-0.2, -0.15) is 4.68 Å². The van der Waals surface area contributed by atoms with Crippen molar-refractivity contribution in [2.75, 3.05) is 12.4 Å². The zero-order valence-electron chi connectivity index (χ0n) is 16.1. The van der Waals surface area contributed by atoms with Gasteiger partial charge in [-0.1, -0.05) is 43.2 Å². The third kappa shape index (κ3) is 3.05. The van der Waals surface area contributed by atoms with E-state index in [0.29, 0.717) is 0 Å². The number of rotatable bonds is 5. The van der Waals surface area contributed by atoms with Gasteiger partial charge in [0.15, 0.2) is 5.82 Å². The van der Waals surface area contributed by atoms with E-state index in [-0.39, 0.29) is 5.54 Å². The Hall–Kier alpha value is -2.89. The van der Waals surface area contributed by atoms with Gasteiger partial charge in [0.2, 0.25) is 0 Å². The Kier molecular flexibility index (Phi) is 4.56. The first-order chi connectivity index (χ1) is 13.1. The predicted molar refractivity (Wildman–Crippen MR) is 105 cm³/mol. The maximum absolute atomic E-state index is 5.55. The summed E-state index contributed by atoms with van der Waals surface area (Å²) in [6.07, 6.45) is 4.25. The highest BCUT2D eigenvalue weighted by molar-refractivity contribution is 5.58. The fraction of sp³-hybridized carbons (Fsp3) is 0.381. The first kappa shape index (κ1) is 17.5. The Morgan fingerprint density at radius 3 is 2.41 bits per heavy atom. The number of hydrogen-bond donors (Lipinski definition) is 1. The zero-order chi connectivity index (χ0) is 18.9. The van der Waals surface area contributed by atoms with Gasteiger partial charge in [-0.3, -0.25) is 0 Å². The van der Waals surface area contributed by atoms with E-state index in [4.69, 9.17) is 4.74 Å². The Morgan fingerprint density at radius 1 is 1.00 bits per heavy atom. The quantitative estimate of drug-likeness (QED) is 0.737. The molecule has 1 aromatic heterocycles. The van der Waals surface area contributed by atoms with Crippen LogP contribution in [0.4, 0.5) is 5.69 Å². The summed E-state index contributed by atoms with van der Waals surface area (Å²) in [5.74, 6) is 1.69. The van der Waals surface area contributed by atoms with Crippen LogP contribution < -0.4 is 10.1 Å². The van der Waals surface area contributed by atoms with E-state index in [1.807, 2.05) is 28.9 Å². The van der Waals surface area contributed by atoms with Crippen LogP contribution in [-0.4, -0.2) is 27.3 Å².